The van der Waals surface area contributed by atoms with Gasteiger partial charge in [0.25, 0.3) is 5.91 Å². The molecule has 36 heavy (non-hydrogen) atoms. The third-order valence-corrected chi connectivity index (χ3v) is 7.96. The first-order valence-electron chi connectivity index (χ1n) is 12.1. The van der Waals surface area contributed by atoms with Gasteiger partial charge in [0, 0.05) is 28.9 Å². The second-order valence-electron chi connectivity index (χ2n) is 10.0. The Bertz CT molecular complexity index is 1230. The molecule has 1 aliphatic rings. The molecule has 4 rings (SSSR count). The van der Waals surface area contributed by atoms with Gasteiger partial charge in [-0.25, -0.2) is 4.99 Å². The Morgan fingerprint density at radius 3 is 2.31 bits per heavy atom. The number of hydrogen-bond acceptors (Lipinski definition) is 6. The maximum atomic E-state index is 13.5. The van der Waals surface area contributed by atoms with Crippen LogP contribution in [0.15, 0.2) is 47.5 Å². The molecule has 0 spiro atoms. The van der Waals surface area contributed by atoms with Crippen LogP contribution in [0.3, 0.4) is 0 Å². The molecule has 0 unspecified atom stereocenters. The molecule has 0 fully saturated rings. The summed E-state index contributed by atoms with van der Waals surface area (Å²) in [7, 11) is 4.79. The van der Waals surface area contributed by atoms with Crippen molar-refractivity contribution < 1.29 is 19.0 Å². The molecule has 0 saturated carbocycles. The Kier molecular flexibility index (Phi) is 7.69. The zero-order valence-electron chi connectivity index (χ0n) is 21.8. The lowest BCUT2D eigenvalue weighted by molar-refractivity contribution is 0.102. The van der Waals surface area contributed by atoms with Gasteiger partial charge >= 0.3 is 0 Å². The number of methoxy groups -OCH3 is 3. The van der Waals surface area contributed by atoms with Crippen molar-refractivity contribution in [2.45, 2.75) is 40.0 Å². The summed E-state index contributed by atoms with van der Waals surface area (Å²) in [5.41, 5.74) is 3.44. The Balaban J connectivity index is 1.77. The molecule has 1 heterocycles. The van der Waals surface area contributed by atoms with Crippen molar-refractivity contribution in [2.24, 2.45) is 16.3 Å². The Morgan fingerprint density at radius 1 is 1.06 bits per heavy atom. The van der Waals surface area contributed by atoms with Crippen molar-refractivity contribution in [2.75, 3.05) is 26.6 Å². The van der Waals surface area contributed by atoms with E-state index in [2.05, 4.69) is 26.1 Å². The van der Waals surface area contributed by atoms with E-state index in [1.54, 1.807) is 51.0 Å². The zero-order valence-corrected chi connectivity index (χ0v) is 22.6. The van der Waals surface area contributed by atoms with Crippen molar-refractivity contribution in [3.63, 3.8) is 0 Å². The van der Waals surface area contributed by atoms with E-state index in [0.29, 0.717) is 39.3 Å². The van der Waals surface area contributed by atoms with Crippen LogP contribution in [0.2, 0.25) is 0 Å². The van der Waals surface area contributed by atoms with Gasteiger partial charge in [0.15, 0.2) is 0 Å². The van der Waals surface area contributed by atoms with Crippen LogP contribution in [-0.2, 0) is 12.8 Å². The van der Waals surface area contributed by atoms with E-state index < -0.39 is 0 Å². The first-order chi connectivity index (χ1) is 17.2. The molecule has 0 saturated heterocycles. The second kappa shape index (κ2) is 10.7. The molecule has 1 atom stereocenters. The summed E-state index contributed by atoms with van der Waals surface area (Å²) in [5, 5.41) is 3.76. The fourth-order valence-electron chi connectivity index (χ4n) is 4.63. The van der Waals surface area contributed by atoms with Crippen LogP contribution in [-0.4, -0.2) is 33.5 Å². The molecule has 1 amide bonds. The van der Waals surface area contributed by atoms with E-state index in [1.165, 1.54) is 4.88 Å². The van der Waals surface area contributed by atoms with Crippen molar-refractivity contribution in [1.82, 2.24) is 0 Å². The molecule has 1 aromatic heterocycles. The number of hydrogen-bond donors (Lipinski definition) is 1. The van der Waals surface area contributed by atoms with Gasteiger partial charge in [0.05, 0.1) is 32.5 Å². The summed E-state index contributed by atoms with van der Waals surface area (Å²) in [6, 6.07) is 13.1. The molecule has 3 aromatic rings. The number of para-hydroxylation sites is 1. The SMILES string of the molecule is COc1cc(OC)c(C=Nc2sc3c(c2C(=O)Nc2ccccc2)CC[C@@H](C(C)(C)C)C3)c(OC)c1. The number of carbonyl (C=O) groups excluding carboxylic acids is 1. The van der Waals surface area contributed by atoms with Crippen LogP contribution in [0.5, 0.6) is 17.2 Å². The molecule has 190 valence electrons. The number of amides is 1. The number of fused-ring (bicyclic) bond motifs is 1. The van der Waals surface area contributed by atoms with Crippen LogP contribution >= 0.6 is 11.3 Å². The second-order valence-corrected chi connectivity index (χ2v) is 11.1. The fraction of sp³-hybridized carbons (Fsp3) is 0.379. The van der Waals surface area contributed by atoms with Crippen molar-refractivity contribution in [3.05, 3.63) is 64.0 Å². The lowest BCUT2D eigenvalue weighted by atomic mass is 9.72. The van der Waals surface area contributed by atoms with E-state index >= 15 is 0 Å². The number of benzene rings is 2. The predicted octanol–water partition coefficient (Wildman–Crippen LogP) is 6.93. The molecule has 0 aliphatic heterocycles. The fourth-order valence-corrected chi connectivity index (χ4v) is 5.90. The molecule has 1 aliphatic carbocycles. The maximum absolute atomic E-state index is 13.5. The zero-order chi connectivity index (χ0) is 25.9. The van der Waals surface area contributed by atoms with Gasteiger partial charge in [-0.05, 0) is 48.3 Å². The predicted molar refractivity (Wildman–Crippen MR) is 147 cm³/mol. The average Bonchev–Trinajstić information content (AvgIpc) is 3.24. The maximum Gasteiger partial charge on any atom is 0.259 e. The highest BCUT2D eigenvalue weighted by molar-refractivity contribution is 7.16. The molecule has 7 heteroatoms. The van der Waals surface area contributed by atoms with Gasteiger partial charge in [-0.3, -0.25) is 4.79 Å². The van der Waals surface area contributed by atoms with Crippen LogP contribution < -0.4 is 19.5 Å². The van der Waals surface area contributed by atoms with Gasteiger partial charge < -0.3 is 19.5 Å². The largest absolute Gasteiger partial charge is 0.496 e. The average molecular weight is 507 g/mol. The smallest absolute Gasteiger partial charge is 0.259 e. The topological polar surface area (TPSA) is 69.2 Å². The summed E-state index contributed by atoms with van der Waals surface area (Å²) in [6.07, 6.45) is 4.60. The number of rotatable bonds is 7. The number of nitrogens with one attached hydrogen (secondary N) is 1. The molecule has 1 N–H and O–H groups in total. The van der Waals surface area contributed by atoms with Crippen molar-refractivity contribution in [3.8, 4) is 17.2 Å². The van der Waals surface area contributed by atoms with E-state index in [4.69, 9.17) is 19.2 Å². The van der Waals surface area contributed by atoms with Gasteiger partial charge in [-0.15, -0.1) is 11.3 Å². The number of anilines is 1. The van der Waals surface area contributed by atoms with Crippen molar-refractivity contribution in [1.29, 1.82) is 0 Å². The first kappa shape index (κ1) is 25.8. The Labute approximate surface area is 217 Å². The van der Waals surface area contributed by atoms with Gasteiger partial charge in [0.2, 0.25) is 0 Å². The van der Waals surface area contributed by atoms with Crippen LogP contribution in [0.25, 0.3) is 0 Å². The Hall–Kier alpha value is -3.32. The highest BCUT2D eigenvalue weighted by Crippen LogP contribution is 2.45. The molecule has 6 nitrogen and oxygen atoms in total. The Morgan fingerprint density at radius 2 is 1.72 bits per heavy atom. The lowest BCUT2D eigenvalue weighted by Gasteiger charge is -2.33. The minimum Gasteiger partial charge on any atom is -0.496 e. The standard InChI is InChI=1S/C29H34N2O4S/c1-29(2,3)18-12-13-21-25(14-18)36-28(26(21)27(32)31-19-10-8-7-9-11-19)30-17-22-23(34-5)15-20(33-4)16-24(22)35-6/h7-11,15-18H,12-14H2,1-6H3,(H,31,32)/t18-/m1/s1. The third-order valence-electron chi connectivity index (χ3n) is 6.79. The summed E-state index contributed by atoms with van der Waals surface area (Å²) in [6.45, 7) is 6.88. The lowest BCUT2D eigenvalue weighted by Crippen LogP contribution is -2.27. The molecule has 2 aromatic carbocycles. The highest BCUT2D eigenvalue weighted by atomic mass is 32.1. The number of ether oxygens (including phenoxy) is 3. The summed E-state index contributed by atoms with van der Waals surface area (Å²) in [5.74, 6) is 2.23. The summed E-state index contributed by atoms with van der Waals surface area (Å²) >= 11 is 1.61. The first-order valence-corrected chi connectivity index (χ1v) is 12.9. The normalized spacial score (nSPS) is 15.4. The van der Waals surface area contributed by atoms with Crippen LogP contribution in [0.4, 0.5) is 10.7 Å². The van der Waals surface area contributed by atoms with Crippen LogP contribution in [0, 0.1) is 11.3 Å². The number of carbonyl (C=O) groups is 1. The van der Waals surface area contributed by atoms with E-state index in [-0.39, 0.29) is 11.3 Å². The minimum atomic E-state index is -0.131. The minimum absolute atomic E-state index is 0.131. The van der Waals surface area contributed by atoms with Gasteiger partial charge in [-0.1, -0.05) is 39.0 Å². The number of aliphatic imine (C=N–C) groups is 1. The van der Waals surface area contributed by atoms with Gasteiger partial charge in [-0.2, -0.15) is 0 Å². The van der Waals surface area contributed by atoms with E-state index in [1.807, 2.05) is 30.3 Å². The van der Waals surface area contributed by atoms with Crippen LogP contribution in [0.1, 0.15) is 53.6 Å². The quantitative estimate of drug-likeness (QED) is 0.353. The molecule has 0 bridgehead atoms. The van der Waals surface area contributed by atoms with E-state index in [9.17, 15) is 4.79 Å². The molecular weight excluding hydrogens is 472 g/mol. The van der Waals surface area contributed by atoms with Crippen molar-refractivity contribution >= 4 is 34.1 Å². The molecular formula is C29H34N2O4S. The summed E-state index contributed by atoms with van der Waals surface area (Å²) in [4.78, 5) is 19.6. The van der Waals surface area contributed by atoms with Gasteiger partial charge in [0.1, 0.15) is 22.2 Å². The number of nitrogens with zero attached hydrogens (tertiary/aromatic N) is 1. The third kappa shape index (κ3) is 5.41. The highest BCUT2D eigenvalue weighted by Gasteiger charge is 2.33. The molecule has 0 radical (unpaired) electrons. The van der Waals surface area contributed by atoms with E-state index in [0.717, 1.165) is 30.5 Å². The number of thiophene rings is 1. The summed E-state index contributed by atoms with van der Waals surface area (Å²) < 4.78 is 16.5. The monoisotopic (exact) mass is 506 g/mol.